The average Bonchev–Trinajstić information content (AvgIpc) is 3.17. The van der Waals surface area contributed by atoms with Gasteiger partial charge in [0.05, 0.1) is 21.2 Å². The second kappa shape index (κ2) is 8.71. The highest BCUT2D eigenvalue weighted by Gasteiger charge is 2.17. The lowest BCUT2D eigenvalue weighted by Gasteiger charge is -2.14. The molecule has 0 atom stereocenters. The SMILES string of the molecule is O=C(Cn1ccc2cc([N+](=O)[O-])ccc21)Nc1ccccc1NS(=O)(=O)c1ccc(F)cc1. The summed E-state index contributed by atoms with van der Waals surface area (Å²) in [5.41, 5.74) is 0.969. The van der Waals surface area contributed by atoms with Gasteiger partial charge >= 0.3 is 0 Å². The molecule has 9 nitrogen and oxygen atoms in total. The first-order chi connectivity index (χ1) is 15.7. The molecule has 1 heterocycles. The van der Waals surface area contributed by atoms with Gasteiger partial charge in [0.2, 0.25) is 5.91 Å². The lowest BCUT2D eigenvalue weighted by molar-refractivity contribution is -0.384. The summed E-state index contributed by atoms with van der Waals surface area (Å²) in [5.74, 6) is -0.993. The van der Waals surface area contributed by atoms with Gasteiger partial charge < -0.3 is 9.88 Å². The van der Waals surface area contributed by atoms with Crippen molar-refractivity contribution >= 4 is 43.9 Å². The third-order valence-electron chi connectivity index (χ3n) is 4.85. The van der Waals surface area contributed by atoms with E-state index in [2.05, 4.69) is 10.0 Å². The molecule has 1 aromatic heterocycles. The Labute approximate surface area is 187 Å². The standard InChI is InChI=1S/C22H17FN4O5S/c23-16-5-8-18(9-6-16)33(31,32)25-20-4-2-1-3-19(20)24-22(28)14-26-12-11-15-13-17(27(29)30)7-10-21(15)26/h1-13,25H,14H2,(H,24,28). The van der Waals surface area contributed by atoms with Crippen LogP contribution >= 0.6 is 0 Å². The van der Waals surface area contributed by atoms with E-state index in [1.165, 1.54) is 24.3 Å². The van der Waals surface area contributed by atoms with Crippen molar-refractivity contribution in [2.45, 2.75) is 11.4 Å². The van der Waals surface area contributed by atoms with Crippen LogP contribution in [0.15, 0.2) is 83.9 Å². The van der Waals surface area contributed by atoms with Crippen LogP contribution in [0.3, 0.4) is 0 Å². The van der Waals surface area contributed by atoms with Gasteiger partial charge in [0, 0.05) is 29.2 Å². The maximum absolute atomic E-state index is 13.1. The average molecular weight is 468 g/mol. The molecular formula is C22H17FN4O5S. The van der Waals surface area contributed by atoms with Crippen LogP contribution in [-0.4, -0.2) is 23.8 Å². The molecule has 0 saturated heterocycles. The first-order valence-electron chi connectivity index (χ1n) is 9.63. The second-order valence-electron chi connectivity index (χ2n) is 7.10. The molecule has 3 aromatic carbocycles. The fourth-order valence-corrected chi connectivity index (χ4v) is 4.36. The molecule has 33 heavy (non-hydrogen) atoms. The van der Waals surface area contributed by atoms with Crippen molar-refractivity contribution in [2.24, 2.45) is 0 Å². The van der Waals surface area contributed by atoms with Gasteiger partial charge in [-0.15, -0.1) is 0 Å². The second-order valence-corrected chi connectivity index (χ2v) is 8.78. The number of anilines is 2. The Kier molecular flexibility index (Phi) is 5.80. The Morgan fingerprint density at radius 1 is 1.00 bits per heavy atom. The topological polar surface area (TPSA) is 123 Å². The molecule has 0 saturated carbocycles. The smallest absolute Gasteiger partial charge is 0.270 e. The lowest BCUT2D eigenvalue weighted by atomic mass is 10.2. The van der Waals surface area contributed by atoms with Crippen LogP contribution in [-0.2, 0) is 21.4 Å². The third kappa shape index (κ3) is 4.83. The van der Waals surface area contributed by atoms with Crippen molar-refractivity contribution in [1.82, 2.24) is 4.57 Å². The van der Waals surface area contributed by atoms with Gasteiger partial charge in [-0.25, -0.2) is 12.8 Å². The highest BCUT2D eigenvalue weighted by Crippen LogP contribution is 2.25. The number of nitrogens with zero attached hydrogens (tertiary/aromatic N) is 2. The highest BCUT2D eigenvalue weighted by molar-refractivity contribution is 7.92. The molecule has 4 aromatic rings. The first-order valence-corrected chi connectivity index (χ1v) is 11.1. The summed E-state index contributed by atoms with van der Waals surface area (Å²) < 4.78 is 42.4. The number of nitro groups is 1. The number of non-ortho nitro benzene ring substituents is 1. The summed E-state index contributed by atoms with van der Waals surface area (Å²) in [7, 11) is -4.01. The van der Waals surface area contributed by atoms with Crippen LogP contribution in [0.4, 0.5) is 21.5 Å². The number of carbonyl (C=O) groups excluding carboxylic acids is 1. The fourth-order valence-electron chi connectivity index (χ4n) is 3.28. The zero-order valence-corrected chi connectivity index (χ0v) is 17.8. The molecule has 0 aliphatic carbocycles. The fraction of sp³-hybridized carbons (Fsp3) is 0.0455. The number of nitrogens with one attached hydrogen (secondary N) is 2. The maximum atomic E-state index is 13.1. The van der Waals surface area contributed by atoms with Gasteiger partial charge in [0.1, 0.15) is 12.4 Å². The summed E-state index contributed by atoms with van der Waals surface area (Å²) in [4.78, 5) is 23.0. The Hall–Kier alpha value is -4.25. The van der Waals surface area contributed by atoms with E-state index in [1.807, 2.05) is 0 Å². The van der Waals surface area contributed by atoms with Gasteiger partial charge in [-0.05, 0) is 48.5 Å². The number of para-hydroxylation sites is 2. The minimum atomic E-state index is -4.01. The summed E-state index contributed by atoms with van der Waals surface area (Å²) in [5, 5.41) is 14.2. The quantitative estimate of drug-likeness (QED) is 0.312. The minimum Gasteiger partial charge on any atom is -0.338 e. The molecule has 11 heteroatoms. The van der Waals surface area contributed by atoms with E-state index >= 15 is 0 Å². The Bertz CT molecular complexity index is 1470. The monoisotopic (exact) mass is 468 g/mol. The lowest BCUT2D eigenvalue weighted by Crippen LogP contribution is -2.20. The Morgan fingerprint density at radius 3 is 2.39 bits per heavy atom. The molecule has 0 aliphatic rings. The summed E-state index contributed by atoms with van der Waals surface area (Å²) in [6.45, 7) is -0.0969. The van der Waals surface area contributed by atoms with Crippen LogP contribution in [0.25, 0.3) is 10.9 Å². The number of rotatable bonds is 7. The van der Waals surface area contributed by atoms with Crippen molar-refractivity contribution < 1.29 is 22.5 Å². The van der Waals surface area contributed by atoms with Crippen molar-refractivity contribution in [2.75, 3.05) is 10.0 Å². The summed E-state index contributed by atoms with van der Waals surface area (Å²) >= 11 is 0. The molecule has 0 radical (unpaired) electrons. The molecular weight excluding hydrogens is 451 g/mol. The highest BCUT2D eigenvalue weighted by atomic mass is 32.2. The van der Waals surface area contributed by atoms with Crippen molar-refractivity contribution in [1.29, 1.82) is 0 Å². The number of hydrogen-bond acceptors (Lipinski definition) is 5. The predicted octanol–water partition coefficient (Wildman–Crippen LogP) is 4.13. The van der Waals surface area contributed by atoms with Crippen LogP contribution < -0.4 is 10.0 Å². The van der Waals surface area contributed by atoms with Crippen molar-refractivity contribution in [3.8, 4) is 0 Å². The molecule has 4 rings (SSSR count). The largest absolute Gasteiger partial charge is 0.338 e. The Balaban J connectivity index is 1.52. The van der Waals surface area contributed by atoms with E-state index in [-0.39, 0.29) is 28.5 Å². The molecule has 0 unspecified atom stereocenters. The first kappa shape index (κ1) is 22.0. The molecule has 0 fully saturated rings. The van der Waals surface area contributed by atoms with Gasteiger partial charge in [0.15, 0.2) is 0 Å². The van der Waals surface area contributed by atoms with Crippen molar-refractivity contribution in [3.63, 3.8) is 0 Å². The number of hydrogen-bond donors (Lipinski definition) is 2. The normalized spacial score (nSPS) is 11.3. The minimum absolute atomic E-state index is 0.0490. The zero-order valence-electron chi connectivity index (χ0n) is 16.9. The number of fused-ring (bicyclic) bond motifs is 1. The van der Waals surface area contributed by atoms with Gasteiger partial charge in [-0.1, -0.05) is 12.1 Å². The van der Waals surface area contributed by atoms with E-state index < -0.39 is 26.7 Å². The maximum Gasteiger partial charge on any atom is 0.270 e. The summed E-state index contributed by atoms with van der Waals surface area (Å²) in [6, 6.07) is 16.6. The summed E-state index contributed by atoms with van der Waals surface area (Å²) in [6.07, 6.45) is 1.64. The van der Waals surface area contributed by atoms with E-state index in [0.717, 1.165) is 24.3 Å². The van der Waals surface area contributed by atoms with E-state index in [9.17, 15) is 27.7 Å². The Morgan fingerprint density at radius 2 is 1.70 bits per heavy atom. The predicted molar refractivity (Wildman–Crippen MR) is 121 cm³/mol. The molecule has 0 spiro atoms. The van der Waals surface area contributed by atoms with Crippen LogP contribution in [0.2, 0.25) is 0 Å². The molecule has 0 aliphatic heterocycles. The third-order valence-corrected chi connectivity index (χ3v) is 6.23. The molecule has 168 valence electrons. The molecule has 2 N–H and O–H groups in total. The van der Waals surface area contributed by atoms with Crippen LogP contribution in [0.5, 0.6) is 0 Å². The number of nitro benzene ring substituents is 1. The van der Waals surface area contributed by atoms with Crippen LogP contribution in [0.1, 0.15) is 0 Å². The van der Waals surface area contributed by atoms with E-state index in [1.54, 1.807) is 35.0 Å². The number of benzene rings is 3. The molecule has 0 bridgehead atoms. The van der Waals surface area contributed by atoms with Gasteiger partial charge in [-0.3, -0.25) is 19.6 Å². The number of halogens is 1. The van der Waals surface area contributed by atoms with Crippen LogP contribution in [0, 0.1) is 15.9 Å². The van der Waals surface area contributed by atoms with Gasteiger partial charge in [0.25, 0.3) is 15.7 Å². The van der Waals surface area contributed by atoms with Gasteiger partial charge in [-0.2, -0.15) is 0 Å². The number of sulfonamides is 1. The number of amides is 1. The van der Waals surface area contributed by atoms with E-state index in [4.69, 9.17) is 0 Å². The number of carbonyl (C=O) groups is 1. The van der Waals surface area contributed by atoms with E-state index in [0.29, 0.717) is 10.9 Å². The molecule has 1 amide bonds. The zero-order chi connectivity index (χ0) is 23.6. The number of aromatic nitrogens is 1. The van der Waals surface area contributed by atoms with Crippen molar-refractivity contribution in [3.05, 3.63) is 94.9 Å².